The van der Waals surface area contributed by atoms with Crippen LogP contribution >= 0.6 is 11.6 Å². The number of benzene rings is 1. The molecule has 1 aromatic rings. The molecule has 0 aliphatic carbocycles. The number of hydrogen-bond donors (Lipinski definition) is 2. The van der Waals surface area contributed by atoms with Crippen molar-refractivity contribution in [3.8, 4) is 0 Å². The molecule has 0 aromatic heterocycles. The molecule has 1 saturated heterocycles. The summed E-state index contributed by atoms with van der Waals surface area (Å²) in [6, 6.07) is 5.03. The van der Waals surface area contributed by atoms with Crippen LogP contribution in [0.3, 0.4) is 0 Å². The Bertz CT molecular complexity index is 481. The summed E-state index contributed by atoms with van der Waals surface area (Å²) in [6.07, 6.45) is 0.0596. The lowest BCUT2D eigenvalue weighted by Crippen LogP contribution is -2.45. The van der Waals surface area contributed by atoms with Crippen molar-refractivity contribution < 1.29 is 14.6 Å². The van der Waals surface area contributed by atoms with Gasteiger partial charge in [0.2, 0.25) is 0 Å². The van der Waals surface area contributed by atoms with E-state index >= 15 is 0 Å². The highest BCUT2D eigenvalue weighted by molar-refractivity contribution is 6.34. The Morgan fingerprint density at radius 3 is 3.10 bits per heavy atom. The van der Waals surface area contributed by atoms with Crippen molar-refractivity contribution in [1.29, 1.82) is 0 Å². The molecular formula is C14H19ClN2O3. The van der Waals surface area contributed by atoms with E-state index in [0.717, 1.165) is 19.6 Å². The first-order chi connectivity index (χ1) is 9.61. The lowest BCUT2D eigenvalue weighted by Gasteiger charge is -2.32. The minimum absolute atomic E-state index is 0.0596. The minimum Gasteiger partial charge on any atom is -0.478 e. The number of rotatable bonds is 5. The van der Waals surface area contributed by atoms with Gasteiger partial charge in [-0.1, -0.05) is 24.6 Å². The first kappa shape index (κ1) is 15.1. The third kappa shape index (κ3) is 3.62. The molecule has 2 rings (SSSR count). The molecule has 1 fully saturated rings. The molecule has 5 nitrogen and oxygen atoms in total. The number of ether oxygens (including phenoxy) is 1. The van der Waals surface area contributed by atoms with Crippen LogP contribution in [-0.4, -0.2) is 54.9 Å². The molecule has 1 atom stereocenters. The van der Waals surface area contributed by atoms with E-state index in [9.17, 15) is 9.90 Å². The van der Waals surface area contributed by atoms with Crippen LogP contribution in [0, 0.1) is 0 Å². The van der Waals surface area contributed by atoms with Crippen LogP contribution in [-0.2, 0) is 4.74 Å². The predicted octanol–water partition coefficient (Wildman–Crippen LogP) is 2.17. The molecule has 1 aromatic carbocycles. The van der Waals surface area contributed by atoms with E-state index < -0.39 is 5.97 Å². The van der Waals surface area contributed by atoms with E-state index in [4.69, 9.17) is 16.3 Å². The van der Waals surface area contributed by atoms with Crippen LogP contribution in [0.25, 0.3) is 0 Å². The third-order valence-corrected chi connectivity index (χ3v) is 3.73. The van der Waals surface area contributed by atoms with Gasteiger partial charge in [-0.25, -0.2) is 4.79 Å². The van der Waals surface area contributed by atoms with E-state index in [0.29, 0.717) is 18.8 Å². The van der Waals surface area contributed by atoms with E-state index in [2.05, 4.69) is 17.1 Å². The molecule has 0 bridgehead atoms. The van der Waals surface area contributed by atoms with Gasteiger partial charge in [-0.15, -0.1) is 0 Å². The summed E-state index contributed by atoms with van der Waals surface area (Å²) in [5.41, 5.74) is 0.638. The highest BCUT2D eigenvalue weighted by Crippen LogP contribution is 2.24. The number of likely N-dealkylation sites (N-methyl/N-ethyl adjacent to an activating group) is 1. The monoisotopic (exact) mass is 298 g/mol. The van der Waals surface area contributed by atoms with Crippen molar-refractivity contribution in [1.82, 2.24) is 4.90 Å². The van der Waals surface area contributed by atoms with Gasteiger partial charge < -0.3 is 15.2 Å². The average Bonchev–Trinajstić information content (AvgIpc) is 2.45. The van der Waals surface area contributed by atoms with E-state index in [1.165, 1.54) is 0 Å². The summed E-state index contributed by atoms with van der Waals surface area (Å²) in [6.45, 7) is 6.20. The molecule has 1 aliphatic rings. The lowest BCUT2D eigenvalue weighted by molar-refractivity contribution is -0.0191. The van der Waals surface area contributed by atoms with E-state index in [1.807, 2.05) is 0 Å². The zero-order valence-electron chi connectivity index (χ0n) is 11.4. The van der Waals surface area contributed by atoms with Crippen LogP contribution in [0.2, 0.25) is 5.02 Å². The van der Waals surface area contributed by atoms with Crippen LogP contribution < -0.4 is 5.32 Å². The zero-order valence-corrected chi connectivity index (χ0v) is 12.2. The number of carboxylic acids is 1. The van der Waals surface area contributed by atoms with Gasteiger partial charge in [-0.3, -0.25) is 4.90 Å². The van der Waals surface area contributed by atoms with Crippen LogP contribution in [0.4, 0.5) is 5.69 Å². The normalized spacial score (nSPS) is 19.8. The fraction of sp³-hybridized carbons (Fsp3) is 0.500. The SMILES string of the molecule is CCN1CCOC(CNc2cccc(Cl)c2C(=O)O)C1. The lowest BCUT2D eigenvalue weighted by atomic mass is 10.1. The second-order valence-electron chi connectivity index (χ2n) is 4.73. The van der Waals surface area contributed by atoms with Gasteiger partial charge in [0, 0.05) is 19.6 Å². The molecule has 0 saturated carbocycles. The predicted molar refractivity (Wildman–Crippen MR) is 78.8 cm³/mol. The van der Waals surface area contributed by atoms with Crippen molar-refractivity contribution in [3.63, 3.8) is 0 Å². The highest BCUT2D eigenvalue weighted by Gasteiger charge is 2.20. The minimum atomic E-state index is -1.03. The molecule has 0 amide bonds. The average molecular weight is 299 g/mol. The summed E-state index contributed by atoms with van der Waals surface area (Å²) >= 11 is 5.93. The second-order valence-corrected chi connectivity index (χ2v) is 5.14. The maximum atomic E-state index is 11.2. The summed E-state index contributed by atoms with van der Waals surface area (Å²) in [7, 11) is 0. The van der Waals surface area contributed by atoms with Crippen LogP contribution in [0.15, 0.2) is 18.2 Å². The zero-order chi connectivity index (χ0) is 14.5. The Hall–Kier alpha value is -1.30. The molecule has 110 valence electrons. The van der Waals surface area contributed by atoms with Crippen molar-refractivity contribution in [2.75, 3.05) is 38.1 Å². The van der Waals surface area contributed by atoms with E-state index in [-0.39, 0.29) is 16.7 Å². The maximum Gasteiger partial charge on any atom is 0.339 e. The van der Waals surface area contributed by atoms with Gasteiger partial charge in [0.1, 0.15) is 5.56 Å². The van der Waals surface area contributed by atoms with Crippen LogP contribution in [0.1, 0.15) is 17.3 Å². The molecule has 1 aliphatic heterocycles. The quantitative estimate of drug-likeness (QED) is 0.872. The van der Waals surface area contributed by atoms with E-state index in [1.54, 1.807) is 18.2 Å². The molecule has 1 unspecified atom stereocenters. The first-order valence-electron chi connectivity index (χ1n) is 6.71. The Kier molecular flexibility index (Phi) is 5.23. The number of aromatic carboxylic acids is 1. The molecule has 0 radical (unpaired) electrons. The summed E-state index contributed by atoms with van der Waals surface area (Å²) < 4.78 is 5.68. The van der Waals surface area contributed by atoms with Gasteiger partial charge in [0.15, 0.2) is 0 Å². The number of nitrogens with one attached hydrogen (secondary N) is 1. The third-order valence-electron chi connectivity index (χ3n) is 3.42. The fourth-order valence-corrected chi connectivity index (χ4v) is 2.56. The summed E-state index contributed by atoms with van der Waals surface area (Å²) in [5.74, 6) is -1.03. The summed E-state index contributed by atoms with van der Waals surface area (Å²) in [4.78, 5) is 13.5. The highest BCUT2D eigenvalue weighted by atomic mass is 35.5. The number of morpholine rings is 1. The summed E-state index contributed by atoms with van der Waals surface area (Å²) in [5, 5.41) is 12.6. The molecule has 2 N–H and O–H groups in total. The molecule has 1 heterocycles. The van der Waals surface area contributed by atoms with Gasteiger partial charge in [0.05, 0.1) is 23.4 Å². The Balaban J connectivity index is 2.00. The van der Waals surface area contributed by atoms with Crippen molar-refractivity contribution >= 4 is 23.3 Å². The maximum absolute atomic E-state index is 11.2. The number of carboxylic acid groups (broad SMARTS) is 1. The largest absolute Gasteiger partial charge is 0.478 e. The van der Waals surface area contributed by atoms with Crippen molar-refractivity contribution in [2.24, 2.45) is 0 Å². The molecule has 0 spiro atoms. The molecule has 20 heavy (non-hydrogen) atoms. The number of hydrogen-bond acceptors (Lipinski definition) is 4. The van der Waals surface area contributed by atoms with Gasteiger partial charge >= 0.3 is 5.97 Å². The van der Waals surface area contributed by atoms with Gasteiger partial charge in [-0.05, 0) is 18.7 Å². The van der Waals surface area contributed by atoms with Crippen molar-refractivity contribution in [3.05, 3.63) is 28.8 Å². The van der Waals surface area contributed by atoms with Crippen LogP contribution in [0.5, 0.6) is 0 Å². The number of halogens is 1. The number of anilines is 1. The standard InChI is InChI=1S/C14H19ClN2O3/c1-2-17-6-7-20-10(9-17)8-16-12-5-3-4-11(15)13(12)14(18)19/h3-5,10,16H,2,6-9H2,1H3,(H,18,19). The fourth-order valence-electron chi connectivity index (χ4n) is 2.30. The Morgan fingerprint density at radius 1 is 1.60 bits per heavy atom. The topological polar surface area (TPSA) is 61.8 Å². The Morgan fingerprint density at radius 2 is 2.40 bits per heavy atom. The number of carbonyl (C=O) groups is 1. The first-order valence-corrected chi connectivity index (χ1v) is 7.09. The van der Waals surface area contributed by atoms with Gasteiger partial charge in [0.25, 0.3) is 0 Å². The smallest absolute Gasteiger partial charge is 0.339 e. The van der Waals surface area contributed by atoms with Crippen molar-refractivity contribution in [2.45, 2.75) is 13.0 Å². The number of nitrogens with zero attached hydrogens (tertiary/aromatic N) is 1. The Labute approximate surface area is 123 Å². The second kappa shape index (κ2) is 6.92. The molecule has 6 heteroatoms. The molecular weight excluding hydrogens is 280 g/mol. The van der Waals surface area contributed by atoms with Gasteiger partial charge in [-0.2, -0.15) is 0 Å².